The fourth-order valence-corrected chi connectivity index (χ4v) is 2.69. The minimum absolute atomic E-state index is 0.192. The molecule has 0 bridgehead atoms. The number of hydrogen-bond donors (Lipinski definition) is 1. The molecule has 96 valence electrons. The Morgan fingerprint density at radius 2 is 2.39 bits per heavy atom. The van der Waals surface area contributed by atoms with Gasteiger partial charge in [-0.3, -0.25) is 4.79 Å². The Labute approximate surface area is 120 Å². The number of halogens is 3. The third-order valence-electron chi connectivity index (χ3n) is 2.29. The molecular weight excluding hydrogens is 343 g/mol. The summed E-state index contributed by atoms with van der Waals surface area (Å²) in [5, 5.41) is 3.32. The van der Waals surface area contributed by atoms with Crippen molar-refractivity contribution < 1.29 is 9.18 Å². The lowest BCUT2D eigenvalue weighted by molar-refractivity contribution is -0.115. The minimum Gasteiger partial charge on any atom is -0.301 e. The van der Waals surface area contributed by atoms with Crippen LogP contribution >= 0.6 is 38.9 Å². The van der Waals surface area contributed by atoms with Crippen LogP contribution in [-0.4, -0.2) is 15.7 Å². The summed E-state index contributed by atoms with van der Waals surface area (Å²) < 4.78 is 14.2. The predicted molar refractivity (Wildman–Crippen MR) is 76.2 cm³/mol. The lowest BCUT2D eigenvalue weighted by atomic mass is 10.3. The molecule has 0 radical (unpaired) electrons. The van der Waals surface area contributed by atoms with Gasteiger partial charge in [-0.2, -0.15) is 0 Å². The van der Waals surface area contributed by atoms with Gasteiger partial charge in [0.1, 0.15) is 5.52 Å². The second kappa shape index (κ2) is 5.50. The van der Waals surface area contributed by atoms with Gasteiger partial charge in [-0.1, -0.05) is 45.8 Å². The summed E-state index contributed by atoms with van der Waals surface area (Å²) in [6, 6.07) is 2.83. The summed E-state index contributed by atoms with van der Waals surface area (Å²) in [6.07, 6.45) is 0.664. The first-order valence-corrected chi connectivity index (χ1v) is 7.32. The lowest BCUT2D eigenvalue weighted by Crippen LogP contribution is -2.21. The predicted octanol–water partition coefficient (Wildman–Crippen LogP) is 4.20. The van der Waals surface area contributed by atoms with Crippen molar-refractivity contribution in [3.63, 3.8) is 0 Å². The van der Waals surface area contributed by atoms with Crippen molar-refractivity contribution >= 4 is 60.1 Å². The Morgan fingerprint density at radius 3 is 3.06 bits per heavy atom. The van der Waals surface area contributed by atoms with Crippen LogP contribution in [0.1, 0.15) is 13.3 Å². The van der Waals surface area contributed by atoms with Crippen LogP contribution in [0.3, 0.4) is 0 Å². The monoisotopic (exact) mass is 350 g/mol. The molecule has 0 aliphatic rings. The average Bonchev–Trinajstić information content (AvgIpc) is 2.70. The van der Waals surface area contributed by atoms with Gasteiger partial charge < -0.3 is 5.32 Å². The SMILES string of the molecule is CCC(Br)C(=O)Nc1nc2c(F)cc(Cl)cc2s1. The topological polar surface area (TPSA) is 42.0 Å². The number of benzene rings is 1. The van der Waals surface area contributed by atoms with Crippen molar-refractivity contribution in [3.8, 4) is 0 Å². The van der Waals surface area contributed by atoms with Crippen LogP contribution < -0.4 is 5.32 Å². The first-order valence-electron chi connectivity index (χ1n) is 5.21. The number of anilines is 1. The largest absolute Gasteiger partial charge is 0.301 e. The number of thiazole rings is 1. The van der Waals surface area contributed by atoms with Gasteiger partial charge in [0.05, 0.1) is 9.53 Å². The van der Waals surface area contributed by atoms with E-state index >= 15 is 0 Å². The van der Waals surface area contributed by atoms with Crippen molar-refractivity contribution in [2.75, 3.05) is 5.32 Å². The number of nitrogens with one attached hydrogen (secondary N) is 1. The molecule has 1 unspecified atom stereocenters. The Hall–Kier alpha value is -0.720. The van der Waals surface area contributed by atoms with Gasteiger partial charge in [-0.15, -0.1) is 0 Å². The van der Waals surface area contributed by atoms with Crippen molar-refractivity contribution in [2.45, 2.75) is 18.2 Å². The number of nitrogens with zero attached hydrogens (tertiary/aromatic N) is 1. The summed E-state index contributed by atoms with van der Waals surface area (Å²) in [4.78, 5) is 15.4. The summed E-state index contributed by atoms with van der Waals surface area (Å²) in [5.41, 5.74) is 0.224. The normalized spacial score (nSPS) is 12.7. The standard InChI is InChI=1S/C11H9BrClFN2OS/c1-2-6(12)10(17)16-11-15-9-7(14)3-5(13)4-8(9)18-11/h3-4,6H,2H2,1H3,(H,15,16,17). The molecule has 0 saturated heterocycles. The number of carbonyl (C=O) groups is 1. The third-order valence-corrected chi connectivity index (χ3v) is 4.49. The van der Waals surface area contributed by atoms with E-state index in [2.05, 4.69) is 26.2 Å². The molecule has 1 amide bonds. The number of amides is 1. The number of carbonyl (C=O) groups excluding carboxylic acids is 1. The van der Waals surface area contributed by atoms with Crippen LogP contribution in [-0.2, 0) is 4.79 Å². The molecule has 0 saturated carbocycles. The van der Waals surface area contributed by atoms with E-state index in [1.54, 1.807) is 6.07 Å². The van der Waals surface area contributed by atoms with Gasteiger partial charge in [0.2, 0.25) is 5.91 Å². The molecular formula is C11H9BrClFN2OS. The molecule has 0 fully saturated rings. The van der Waals surface area contributed by atoms with E-state index in [4.69, 9.17) is 11.6 Å². The van der Waals surface area contributed by atoms with Crippen LogP contribution in [0.5, 0.6) is 0 Å². The van der Waals surface area contributed by atoms with Crippen molar-refractivity contribution in [2.24, 2.45) is 0 Å². The number of fused-ring (bicyclic) bond motifs is 1. The first kappa shape index (κ1) is 13.7. The summed E-state index contributed by atoms with van der Waals surface area (Å²) in [6.45, 7) is 1.89. The highest BCUT2D eigenvalue weighted by atomic mass is 79.9. The van der Waals surface area contributed by atoms with Crippen LogP contribution in [0, 0.1) is 5.82 Å². The van der Waals surface area contributed by atoms with E-state index < -0.39 is 5.82 Å². The molecule has 0 spiro atoms. The van der Waals surface area contributed by atoms with Gasteiger partial charge in [-0.05, 0) is 18.6 Å². The minimum atomic E-state index is -0.486. The van der Waals surface area contributed by atoms with E-state index in [-0.39, 0.29) is 16.3 Å². The van der Waals surface area contributed by atoms with Gasteiger partial charge in [0, 0.05) is 5.02 Å². The number of rotatable bonds is 3. The molecule has 0 aliphatic carbocycles. The Kier molecular flexibility index (Phi) is 4.19. The van der Waals surface area contributed by atoms with Gasteiger partial charge in [-0.25, -0.2) is 9.37 Å². The van der Waals surface area contributed by atoms with Crippen molar-refractivity contribution in [1.29, 1.82) is 0 Å². The maximum Gasteiger partial charge on any atom is 0.239 e. The van der Waals surface area contributed by atoms with E-state index in [0.29, 0.717) is 21.3 Å². The highest BCUT2D eigenvalue weighted by molar-refractivity contribution is 9.10. The van der Waals surface area contributed by atoms with E-state index in [1.807, 2.05) is 6.92 Å². The van der Waals surface area contributed by atoms with E-state index in [0.717, 1.165) is 0 Å². The lowest BCUT2D eigenvalue weighted by Gasteiger charge is -2.04. The van der Waals surface area contributed by atoms with Gasteiger partial charge >= 0.3 is 0 Å². The highest BCUT2D eigenvalue weighted by Gasteiger charge is 2.16. The first-order chi connectivity index (χ1) is 8.51. The van der Waals surface area contributed by atoms with Gasteiger partial charge in [0.25, 0.3) is 0 Å². The molecule has 0 aliphatic heterocycles. The van der Waals surface area contributed by atoms with Crippen LogP contribution in [0.2, 0.25) is 5.02 Å². The quantitative estimate of drug-likeness (QED) is 0.842. The van der Waals surface area contributed by atoms with Crippen LogP contribution in [0.15, 0.2) is 12.1 Å². The fraction of sp³-hybridized carbons (Fsp3) is 0.273. The zero-order valence-corrected chi connectivity index (χ0v) is 12.5. The molecule has 1 atom stereocenters. The zero-order valence-electron chi connectivity index (χ0n) is 9.34. The Bertz CT molecular complexity index is 604. The Morgan fingerprint density at radius 1 is 1.67 bits per heavy atom. The maximum atomic E-state index is 13.6. The summed E-state index contributed by atoms with van der Waals surface area (Å²) >= 11 is 10.2. The van der Waals surface area contributed by atoms with Crippen molar-refractivity contribution in [1.82, 2.24) is 4.98 Å². The number of aromatic nitrogens is 1. The molecule has 1 N–H and O–H groups in total. The molecule has 18 heavy (non-hydrogen) atoms. The molecule has 2 rings (SSSR count). The highest BCUT2D eigenvalue weighted by Crippen LogP contribution is 2.30. The molecule has 1 heterocycles. The second-order valence-electron chi connectivity index (χ2n) is 3.62. The second-order valence-corrected chi connectivity index (χ2v) is 6.19. The van der Waals surface area contributed by atoms with Crippen LogP contribution in [0.4, 0.5) is 9.52 Å². The third kappa shape index (κ3) is 2.81. The van der Waals surface area contributed by atoms with E-state index in [1.165, 1.54) is 17.4 Å². The van der Waals surface area contributed by atoms with Crippen LogP contribution in [0.25, 0.3) is 10.2 Å². The van der Waals surface area contributed by atoms with E-state index in [9.17, 15) is 9.18 Å². The van der Waals surface area contributed by atoms with Gasteiger partial charge in [0.15, 0.2) is 10.9 Å². The summed E-state index contributed by atoms with van der Waals surface area (Å²) in [7, 11) is 0. The molecule has 1 aromatic carbocycles. The fourth-order valence-electron chi connectivity index (χ4n) is 1.38. The Balaban J connectivity index is 2.31. The van der Waals surface area contributed by atoms with Crippen molar-refractivity contribution in [3.05, 3.63) is 23.0 Å². The zero-order chi connectivity index (χ0) is 13.3. The molecule has 2 aromatic rings. The molecule has 3 nitrogen and oxygen atoms in total. The average molecular weight is 352 g/mol. The smallest absolute Gasteiger partial charge is 0.239 e. The summed E-state index contributed by atoms with van der Waals surface area (Å²) in [5.74, 6) is -0.678. The number of alkyl halides is 1. The molecule has 7 heteroatoms. The molecule has 1 aromatic heterocycles. The number of hydrogen-bond acceptors (Lipinski definition) is 3. The maximum absolute atomic E-state index is 13.6.